The van der Waals surface area contributed by atoms with Crippen molar-refractivity contribution in [2.75, 3.05) is 0 Å². The fourth-order valence-electron chi connectivity index (χ4n) is 2.26. The van der Waals surface area contributed by atoms with Gasteiger partial charge in [0.15, 0.2) is 0 Å². The smallest absolute Gasteiger partial charge is 0.118 e. The largest absolute Gasteiger partial charge is 0.508 e. The Morgan fingerprint density at radius 3 is 1.38 bits per heavy atom. The van der Waals surface area contributed by atoms with Crippen LogP contribution >= 0.6 is 0 Å². The van der Waals surface area contributed by atoms with Crippen LogP contribution in [0.1, 0.15) is 36.1 Å². The molecule has 1 radical (unpaired) electrons. The predicted octanol–water partition coefficient (Wildman–Crippen LogP) is 4.49. The molecule has 0 amide bonds. The SMILES string of the molecule is Cc1cc(C(C)(C)c2ccc(O)c(C)c2)ccc1O.[CH3-].[Y]. The van der Waals surface area contributed by atoms with Crippen molar-refractivity contribution < 1.29 is 42.9 Å². The Balaban J connectivity index is 0.00000200. The van der Waals surface area contributed by atoms with Crippen LogP contribution in [-0.2, 0) is 38.1 Å². The molecule has 2 aromatic rings. The maximum Gasteiger partial charge on any atom is 0.118 e. The summed E-state index contributed by atoms with van der Waals surface area (Å²) in [5.41, 5.74) is 3.87. The van der Waals surface area contributed by atoms with Gasteiger partial charge in [-0.3, -0.25) is 0 Å². The molecule has 0 bridgehead atoms. The summed E-state index contributed by atoms with van der Waals surface area (Å²) in [4.78, 5) is 0. The van der Waals surface area contributed by atoms with E-state index in [0.29, 0.717) is 11.5 Å². The average molecular weight is 360 g/mol. The Bertz CT molecular complexity index is 565. The van der Waals surface area contributed by atoms with E-state index in [-0.39, 0.29) is 45.6 Å². The van der Waals surface area contributed by atoms with E-state index in [4.69, 9.17) is 0 Å². The number of phenolic OH excluding ortho intramolecular Hbond substituents is 2. The van der Waals surface area contributed by atoms with E-state index in [2.05, 4.69) is 13.8 Å². The van der Waals surface area contributed by atoms with Crippen LogP contribution in [0.4, 0.5) is 0 Å². The Kier molecular flexibility index (Phi) is 7.12. The van der Waals surface area contributed by atoms with Gasteiger partial charge in [0.05, 0.1) is 0 Å². The van der Waals surface area contributed by atoms with Crippen molar-refractivity contribution in [1.82, 2.24) is 0 Å². The number of aryl methyl sites for hydroxylation is 2. The molecule has 2 N–H and O–H groups in total. The molecule has 0 aliphatic carbocycles. The normalized spacial score (nSPS) is 10.5. The molecular weight excluding hydrogens is 337 g/mol. The van der Waals surface area contributed by atoms with Crippen LogP contribution < -0.4 is 0 Å². The molecule has 2 aromatic carbocycles. The molecule has 0 aliphatic heterocycles. The number of aromatic hydroxyl groups is 2. The Morgan fingerprint density at radius 2 is 1.10 bits per heavy atom. The van der Waals surface area contributed by atoms with Crippen molar-refractivity contribution in [1.29, 1.82) is 0 Å². The quantitative estimate of drug-likeness (QED) is 0.775. The summed E-state index contributed by atoms with van der Waals surface area (Å²) in [6.45, 7) is 8.09. The Morgan fingerprint density at radius 1 is 0.762 bits per heavy atom. The number of phenols is 2. The van der Waals surface area contributed by atoms with Crippen LogP contribution in [0.5, 0.6) is 11.5 Å². The van der Waals surface area contributed by atoms with Crippen molar-refractivity contribution >= 4 is 0 Å². The third-order valence-electron chi connectivity index (χ3n) is 3.84. The van der Waals surface area contributed by atoms with E-state index in [1.807, 2.05) is 38.1 Å². The van der Waals surface area contributed by atoms with Gasteiger partial charge in [0.2, 0.25) is 0 Å². The van der Waals surface area contributed by atoms with E-state index >= 15 is 0 Å². The zero-order valence-electron chi connectivity index (χ0n) is 13.4. The van der Waals surface area contributed by atoms with Crippen LogP contribution in [0.2, 0.25) is 0 Å². The molecule has 0 saturated heterocycles. The van der Waals surface area contributed by atoms with Crippen molar-refractivity contribution in [3.63, 3.8) is 0 Å². The van der Waals surface area contributed by atoms with Gasteiger partial charge in [0.1, 0.15) is 11.5 Å². The molecule has 0 aromatic heterocycles. The van der Waals surface area contributed by atoms with Gasteiger partial charge in [-0.1, -0.05) is 38.1 Å². The van der Waals surface area contributed by atoms with Gasteiger partial charge in [-0.05, 0) is 48.2 Å². The molecule has 2 rings (SSSR count). The van der Waals surface area contributed by atoms with Crippen LogP contribution in [0.3, 0.4) is 0 Å². The van der Waals surface area contributed by atoms with E-state index in [1.165, 1.54) is 0 Å². The number of hydrogen-bond acceptors (Lipinski definition) is 2. The summed E-state index contributed by atoms with van der Waals surface area (Å²) in [5, 5.41) is 19.3. The molecule has 0 unspecified atom stereocenters. The Hall–Kier alpha value is -0.856. The van der Waals surface area contributed by atoms with Gasteiger partial charge in [-0.25, -0.2) is 0 Å². The van der Waals surface area contributed by atoms with Gasteiger partial charge in [-0.2, -0.15) is 0 Å². The third-order valence-corrected chi connectivity index (χ3v) is 3.84. The maximum absolute atomic E-state index is 9.63. The second kappa shape index (κ2) is 7.42. The minimum absolute atomic E-state index is 0. The van der Waals surface area contributed by atoms with Crippen molar-refractivity contribution in [3.05, 3.63) is 66.1 Å². The molecule has 0 spiro atoms. The fourth-order valence-corrected chi connectivity index (χ4v) is 2.26. The van der Waals surface area contributed by atoms with Gasteiger partial charge in [0, 0.05) is 38.1 Å². The number of benzene rings is 2. The molecule has 3 heteroatoms. The minimum Gasteiger partial charge on any atom is -0.508 e. The van der Waals surface area contributed by atoms with Crippen LogP contribution in [0.15, 0.2) is 36.4 Å². The summed E-state index contributed by atoms with van der Waals surface area (Å²) < 4.78 is 0. The van der Waals surface area contributed by atoms with Crippen molar-refractivity contribution in [3.8, 4) is 11.5 Å². The fraction of sp³-hybridized carbons (Fsp3) is 0.278. The molecule has 0 saturated carbocycles. The van der Waals surface area contributed by atoms with E-state index < -0.39 is 0 Å². The molecule has 2 nitrogen and oxygen atoms in total. The zero-order chi connectivity index (χ0) is 14.2. The molecule has 0 aliphatic rings. The summed E-state index contributed by atoms with van der Waals surface area (Å²) in [5.74, 6) is 0.642. The van der Waals surface area contributed by atoms with Crippen molar-refractivity contribution in [2.45, 2.75) is 33.1 Å². The van der Waals surface area contributed by atoms with E-state index in [9.17, 15) is 10.2 Å². The molecule has 21 heavy (non-hydrogen) atoms. The predicted molar refractivity (Wildman–Crippen MR) is 84.2 cm³/mol. The second-order valence-corrected chi connectivity index (χ2v) is 5.63. The van der Waals surface area contributed by atoms with Crippen LogP contribution in [-0.4, -0.2) is 10.2 Å². The van der Waals surface area contributed by atoms with Gasteiger partial charge >= 0.3 is 0 Å². The van der Waals surface area contributed by atoms with Crippen molar-refractivity contribution in [2.24, 2.45) is 0 Å². The van der Waals surface area contributed by atoms with Crippen LogP contribution in [0.25, 0.3) is 0 Å². The molecule has 111 valence electrons. The van der Waals surface area contributed by atoms with Crippen LogP contribution in [0, 0.1) is 21.3 Å². The summed E-state index contributed by atoms with van der Waals surface area (Å²) in [7, 11) is 0. The molecular formula is C18H23O2Y-. The number of hydrogen-bond donors (Lipinski definition) is 2. The minimum atomic E-state index is -0.170. The second-order valence-electron chi connectivity index (χ2n) is 5.63. The summed E-state index contributed by atoms with van der Waals surface area (Å²) in [6.07, 6.45) is 0. The first-order valence-electron chi connectivity index (χ1n) is 6.42. The third kappa shape index (κ3) is 4.08. The summed E-state index contributed by atoms with van der Waals surface area (Å²) in [6, 6.07) is 11.4. The first-order chi connectivity index (χ1) is 8.82. The van der Waals surface area contributed by atoms with Gasteiger partial charge in [-0.15, -0.1) is 0 Å². The first kappa shape index (κ1) is 20.1. The first-order valence-corrected chi connectivity index (χ1v) is 6.42. The number of rotatable bonds is 2. The zero-order valence-corrected chi connectivity index (χ0v) is 16.3. The molecule has 0 heterocycles. The standard InChI is InChI=1S/C17H20O2.CH3.Y/c1-11-9-13(5-7-15(11)18)17(3,4)14-6-8-16(19)12(2)10-14;;/h5-10,18-19H,1-4H3;1H3;/q;-1;. The van der Waals surface area contributed by atoms with Gasteiger partial charge < -0.3 is 17.6 Å². The van der Waals surface area contributed by atoms with E-state index in [1.54, 1.807) is 12.1 Å². The summed E-state index contributed by atoms with van der Waals surface area (Å²) >= 11 is 0. The van der Waals surface area contributed by atoms with Gasteiger partial charge in [0.25, 0.3) is 0 Å². The molecule has 0 atom stereocenters. The molecule has 0 fully saturated rings. The van der Waals surface area contributed by atoms with E-state index in [0.717, 1.165) is 22.3 Å². The maximum atomic E-state index is 9.63. The Labute approximate surface area is 153 Å². The average Bonchev–Trinajstić information content (AvgIpc) is 2.35. The monoisotopic (exact) mass is 360 g/mol. The topological polar surface area (TPSA) is 40.5 Å².